The lowest BCUT2D eigenvalue weighted by Crippen LogP contribution is -2.37. The fraction of sp³-hybridized carbons (Fsp3) is 0.333. The zero-order valence-electron chi connectivity index (χ0n) is 10.2. The SMILES string of the molecule is O=C(Nc1ccncc1[N+](=O)[O-])N[C@@H]1C=CCCC1. The Morgan fingerprint density at radius 3 is 3.05 bits per heavy atom. The maximum atomic E-state index is 11.8. The van der Waals surface area contributed by atoms with Gasteiger partial charge in [0.1, 0.15) is 11.9 Å². The van der Waals surface area contributed by atoms with Crippen molar-refractivity contribution in [2.24, 2.45) is 0 Å². The van der Waals surface area contributed by atoms with Crippen LogP contribution >= 0.6 is 0 Å². The van der Waals surface area contributed by atoms with Gasteiger partial charge in [-0.25, -0.2) is 4.79 Å². The molecular formula is C12H14N4O3. The number of carbonyl (C=O) groups is 1. The van der Waals surface area contributed by atoms with E-state index in [-0.39, 0.29) is 17.4 Å². The monoisotopic (exact) mass is 262 g/mol. The molecule has 0 aromatic carbocycles. The van der Waals surface area contributed by atoms with Crippen molar-refractivity contribution in [3.63, 3.8) is 0 Å². The molecule has 1 aromatic heterocycles. The van der Waals surface area contributed by atoms with Crippen LogP contribution < -0.4 is 10.6 Å². The van der Waals surface area contributed by atoms with Gasteiger partial charge in [-0.1, -0.05) is 12.2 Å². The van der Waals surface area contributed by atoms with Gasteiger partial charge in [-0.3, -0.25) is 15.1 Å². The number of allylic oxidation sites excluding steroid dienone is 1. The van der Waals surface area contributed by atoms with Gasteiger partial charge in [0.25, 0.3) is 0 Å². The standard InChI is InChI=1S/C12H14N4O3/c17-12(14-9-4-2-1-3-5-9)15-10-6-7-13-8-11(10)16(18)19/h2,4,6-9H,1,3,5H2,(H2,13,14,15,17)/t9-/m1/s1. The maximum absolute atomic E-state index is 11.8. The van der Waals surface area contributed by atoms with Gasteiger partial charge in [-0.2, -0.15) is 0 Å². The van der Waals surface area contributed by atoms with E-state index in [0.717, 1.165) is 25.5 Å². The molecule has 1 aliphatic carbocycles. The van der Waals surface area contributed by atoms with Gasteiger partial charge < -0.3 is 10.6 Å². The van der Waals surface area contributed by atoms with E-state index in [9.17, 15) is 14.9 Å². The summed E-state index contributed by atoms with van der Waals surface area (Å²) in [4.78, 5) is 25.6. The van der Waals surface area contributed by atoms with E-state index in [1.54, 1.807) is 0 Å². The normalized spacial score (nSPS) is 17.8. The van der Waals surface area contributed by atoms with Crippen LogP contribution in [0.2, 0.25) is 0 Å². The molecule has 2 rings (SSSR count). The largest absolute Gasteiger partial charge is 0.332 e. The molecule has 0 aliphatic heterocycles. The third-order valence-electron chi connectivity index (χ3n) is 2.82. The summed E-state index contributed by atoms with van der Waals surface area (Å²) in [5.74, 6) is 0. The van der Waals surface area contributed by atoms with Crippen LogP contribution in [0.3, 0.4) is 0 Å². The summed E-state index contributed by atoms with van der Waals surface area (Å²) in [6.07, 6.45) is 9.38. The number of rotatable bonds is 3. The zero-order chi connectivity index (χ0) is 13.7. The molecule has 7 nitrogen and oxygen atoms in total. The Morgan fingerprint density at radius 2 is 2.37 bits per heavy atom. The summed E-state index contributed by atoms with van der Waals surface area (Å²) >= 11 is 0. The van der Waals surface area contributed by atoms with E-state index in [0.29, 0.717) is 0 Å². The van der Waals surface area contributed by atoms with E-state index < -0.39 is 11.0 Å². The topological polar surface area (TPSA) is 97.2 Å². The summed E-state index contributed by atoms with van der Waals surface area (Å²) in [6, 6.07) is 0.925. The van der Waals surface area contributed by atoms with E-state index in [1.165, 1.54) is 12.3 Å². The maximum Gasteiger partial charge on any atom is 0.319 e. The predicted octanol–water partition coefficient (Wildman–Crippen LogP) is 2.22. The van der Waals surface area contributed by atoms with Gasteiger partial charge >= 0.3 is 11.7 Å². The molecule has 2 amide bonds. The number of nitrogens with one attached hydrogen (secondary N) is 2. The van der Waals surface area contributed by atoms with Crippen LogP contribution in [-0.4, -0.2) is 22.0 Å². The Morgan fingerprint density at radius 1 is 1.53 bits per heavy atom. The van der Waals surface area contributed by atoms with Crippen molar-refractivity contribution in [1.82, 2.24) is 10.3 Å². The molecule has 7 heteroatoms. The smallest absolute Gasteiger partial charge is 0.319 e. The first-order valence-electron chi connectivity index (χ1n) is 5.99. The molecule has 1 aliphatic rings. The van der Waals surface area contributed by atoms with Crippen LogP contribution in [0, 0.1) is 10.1 Å². The highest BCUT2D eigenvalue weighted by atomic mass is 16.6. The summed E-state index contributed by atoms with van der Waals surface area (Å²) in [5, 5.41) is 16.0. The van der Waals surface area contributed by atoms with E-state index in [4.69, 9.17) is 0 Å². The van der Waals surface area contributed by atoms with Crippen molar-refractivity contribution in [2.45, 2.75) is 25.3 Å². The Hall–Kier alpha value is -2.44. The van der Waals surface area contributed by atoms with Crippen LogP contribution in [0.15, 0.2) is 30.6 Å². The lowest BCUT2D eigenvalue weighted by atomic mass is 10.0. The quantitative estimate of drug-likeness (QED) is 0.495. The third kappa shape index (κ3) is 3.51. The number of amides is 2. The molecule has 1 heterocycles. The highest BCUT2D eigenvalue weighted by molar-refractivity contribution is 5.91. The van der Waals surface area contributed by atoms with Gasteiger partial charge in [-0.05, 0) is 25.3 Å². The highest BCUT2D eigenvalue weighted by Crippen LogP contribution is 2.21. The minimum atomic E-state index is -0.580. The molecular weight excluding hydrogens is 248 g/mol. The van der Waals surface area contributed by atoms with Crippen LogP contribution in [0.1, 0.15) is 19.3 Å². The minimum Gasteiger partial charge on any atom is -0.332 e. The number of anilines is 1. The number of urea groups is 1. The lowest BCUT2D eigenvalue weighted by Gasteiger charge is -2.18. The summed E-state index contributed by atoms with van der Waals surface area (Å²) in [7, 11) is 0. The highest BCUT2D eigenvalue weighted by Gasteiger charge is 2.17. The molecule has 0 saturated heterocycles. The van der Waals surface area contributed by atoms with E-state index in [2.05, 4.69) is 15.6 Å². The van der Waals surface area contributed by atoms with Gasteiger partial charge in [0.15, 0.2) is 0 Å². The van der Waals surface area contributed by atoms with Crippen LogP contribution in [0.25, 0.3) is 0 Å². The van der Waals surface area contributed by atoms with E-state index >= 15 is 0 Å². The molecule has 0 saturated carbocycles. The predicted molar refractivity (Wildman–Crippen MR) is 69.8 cm³/mol. The Kier molecular flexibility index (Phi) is 4.07. The second-order valence-electron chi connectivity index (χ2n) is 4.21. The van der Waals surface area contributed by atoms with Crippen LogP contribution in [-0.2, 0) is 0 Å². The van der Waals surface area contributed by atoms with Crippen molar-refractivity contribution in [3.05, 3.63) is 40.7 Å². The molecule has 0 fully saturated rings. The molecule has 1 aromatic rings. The number of pyridine rings is 1. The molecule has 2 N–H and O–H groups in total. The second-order valence-corrected chi connectivity index (χ2v) is 4.21. The van der Waals surface area contributed by atoms with Crippen molar-refractivity contribution in [2.75, 3.05) is 5.32 Å². The van der Waals surface area contributed by atoms with Crippen molar-refractivity contribution in [3.8, 4) is 0 Å². The molecule has 0 spiro atoms. The molecule has 0 bridgehead atoms. The van der Waals surface area contributed by atoms with Crippen molar-refractivity contribution < 1.29 is 9.72 Å². The molecule has 100 valence electrons. The van der Waals surface area contributed by atoms with Crippen molar-refractivity contribution >= 4 is 17.4 Å². The average Bonchev–Trinajstić information content (AvgIpc) is 2.40. The van der Waals surface area contributed by atoms with Gasteiger partial charge in [0.2, 0.25) is 0 Å². The fourth-order valence-electron chi connectivity index (χ4n) is 1.90. The van der Waals surface area contributed by atoms with Gasteiger partial charge in [0, 0.05) is 12.2 Å². The minimum absolute atomic E-state index is 0.0188. The first-order chi connectivity index (χ1) is 9.16. The molecule has 0 unspecified atom stereocenters. The Balaban J connectivity index is 2.00. The molecule has 0 radical (unpaired) electrons. The Labute approximate surface area is 109 Å². The number of nitrogens with zero attached hydrogens (tertiary/aromatic N) is 2. The molecule has 1 atom stereocenters. The first kappa shape index (κ1) is 13.0. The molecule has 19 heavy (non-hydrogen) atoms. The summed E-state index contributed by atoms with van der Waals surface area (Å²) in [6.45, 7) is 0. The first-order valence-corrected chi connectivity index (χ1v) is 5.99. The Bertz CT molecular complexity index is 515. The lowest BCUT2D eigenvalue weighted by molar-refractivity contribution is -0.384. The van der Waals surface area contributed by atoms with E-state index in [1.807, 2.05) is 12.2 Å². The number of nitro groups is 1. The number of hydrogen-bond acceptors (Lipinski definition) is 4. The van der Waals surface area contributed by atoms with Crippen LogP contribution in [0.5, 0.6) is 0 Å². The zero-order valence-corrected chi connectivity index (χ0v) is 10.2. The number of aromatic nitrogens is 1. The summed E-state index contributed by atoms with van der Waals surface area (Å²) < 4.78 is 0. The second kappa shape index (κ2) is 5.94. The number of hydrogen-bond donors (Lipinski definition) is 2. The fourth-order valence-corrected chi connectivity index (χ4v) is 1.90. The number of carbonyl (C=O) groups excluding carboxylic acids is 1. The summed E-state index contributed by atoms with van der Waals surface area (Å²) in [5.41, 5.74) is -0.0888. The average molecular weight is 262 g/mol. The third-order valence-corrected chi connectivity index (χ3v) is 2.82. The van der Waals surface area contributed by atoms with Gasteiger partial charge in [-0.15, -0.1) is 0 Å². The van der Waals surface area contributed by atoms with Crippen molar-refractivity contribution in [1.29, 1.82) is 0 Å². The van der Waals surface area contributed by atoms with Crippen LogP contribution in [0.4, 0.5) is 16.2 Å². The van der Waals surface area contributed by atoms with Gasteiger partial charge in [0.05, 0.1) is 4.92 Å².